The minimum absolute atomic E-state index is 0.00556. The molecular weight excluding hydrogens is 428 g/mol. The molecule has 0 fully saturated rings. The van der Waals surface area contributed by atoms with Gasteiger partial charge in [-0.05, 0) is 54.4 Å². The Morgan fingerprint density at radius 2 is 1.76 bits per heavy atom. The number of aromatic nitrogens is 1. The third-order valence-corrected chi connectivity index (χ3v) is 5.55. The molecule has 1 aromatic heterocycles. The number of pyridine rings is 1. The molecule has 1 heterocycles. The molecule has 4 aromatic rings. The molecule has 1 atom stereocenters. The van der Waals surface area contributed by atoms with E-state index in [0.29, 0.717) is 18.1 Å². The fraction of sp³-hybridized carbons (Fsp3) is 0.214. The molecule has 6 nitrogen and oxygen atoms in total. The second-order valence-corrected chi connectivity index (χ2v) is 7.78. The number of aryl methyl sites for hydroxylation is 1. The summed E-state index contributed by atoms with van der Waals surface area (Å²) in [5.74, 6) is 2.19. The molecule has 0 saturated carbocycles. The quantitative estimate of drug-likeness (QED) is 0.320. The number of ether oxygens (including phenoxy) is 4. The molecule has 0 aliphatic heterocycles. The van der Waals surface area contributed by atoms with Gasteiger partial charge in [0, 0.05) is 18.1 Å². The second-order valence-electron chi connectivity index (χ2n) is 7.78. The van der Waals surface area contributed by atoms with E-state index in [1.54, 1.807) is 14.2 Å². The van der Waals surface area contributed by atoms with Gasteiger partial charge < -0.3 is 18.9 Å². The van der Waals surface area contributed by atoms with E-state index >= 15 is 0 Å². The van der Waals surface area contributed by atoms with Crippen LogP contribution in [0.25, 0.3) is 10.9 Å². The van der Waals surface area contributed by atoms with Gasteiger partial charge in [0.2, 0.25) is 0 Å². The molecule has 1 unspecified atom stereocenters. The van der Waals surface area contributed by atoms with Crippen LogP contribution in [0.4, 0.5) is 0 Å². The maximum absolute atomic E-state index is 8.87. The lowest BCUT2D eigenvalue weighted by atomic mass is 10.0. The van der Waals surface area contributed by atoms with Crippen LogP contribution in [0, 0.1) is 18.3 Å². The van der Waals surface area contributed by atoms with Gasteiger partial charge in [-0.25, -0.2) is 4.98 Å². The Labute approximate surface area is 199 Å². The Hall–Kier alpha value is -4.08. The Bertz CT molecular complexity index is 1330. The number of fused-ring (bicyclic) bond motifs is 1. The van der Waals surface area contributed by atoms with Gasteiger partial charge in [-0.15, -0.1) is 0 Å². The zero-order valence-electron chi connectivity index (χ0n) is 19.4. The largest absolute Gasteiger partial charge is 0.497 e. The summed E-state index contributed by atoms with van der Waals surface area (Å²) in [5, 5.41) is 9.87. The maximum atomic E-state index is 8.87. The van der Waals surface area contributed by atoms with E-state index in [1.807, 2.05) is 85.8 Å². The normalized spacial score (nSPS) is 11.6. The van der Waals surface area contributed by atoms with Crippen LogP contribution in [0.5, 0.6) is 17.2 Å². The van der Waals surface area contributed by atoms with Gasteiger partial charge in [-0.2, -0.15) is 5.26 Å². The van der Waals surface area contributed by atoms with Crippen molar-refractivity contribution >= 4 is 10.9 Å². The number of hydrogen-bond acceptors (Lipinski definition) is 6. The van der Waals surface area contributed by atoms with E-state index in [-0.39, 0.29) is 12.7 Å². The van der Waals surface area contributed by atoms with Crippen molar-refractivity contribution in [3.05, 3.63) is 95.2 Å². The van der Waals surface area contributed by atoms with Gasteiger partial charge >= 0.3 is 0 Å². The van der Waals surface area contributed by atoms with Crippen molar-refractivity contribution in [2.45, 2.75) is 19.6 Å². The number of methoxy groups -OCH3 is 2. The maximum Gasteiger partial charge on any atom is 0.174 e. The summed E-state index contributed by atoms with van der Waals surface area (Å²) in [6.07, 6.45) is -0.344. The first kappa shape index (κ1) is 23.1. The van der Waals surface area contributed by atoms with E-state index in [1.165, 1.54) is 0 Å². The molecule has 0 spiro atoms. The molecule has 0 saturated heterocycles. The van der Waals surface area contributed by atoms with Crippen molar-refractivity contribution in [3.8, 4) is 23.3 Å². The average molecular weight is 455 g/mol. The molecular formula is C28H26N2O4. The summed E-state index contributed by atoms with van der Waals surface area (Å²) in [6, 6.07) is 25.4. The molecule has 0 amide bonds. The predicted octanol–water partition coefficient (Wildman–Crippen LogP) is 5.77. The topological polar surface area (TPSA) is 73.6 Å². The Balaban J connectivity index is 1.55. The summed E-state index contributed by atoms with van der Waals surface area (Å²) in [5.41, 5.74) is 4.46. The van der Waals surface area contributed by atoms with Gasteiger partial charge in [-0.3, -0.25) is 0 Å². The lowest BCUT2D eigenvalue weighted by Gasteiger charge is -2.18. The van der Waals surface area contributed by atoms with E-state index in [9.17, 15) is 0 Å². The highest BCUT2D eigenvalue weighted by Gasteiger charge is 2.17. The Morgan fingerprint density at radius 1 is 0.912 bits per heavy atom. The Kier molecular flexibility index (Phi) is 7.26. The summed E-state index contributed by atoms with van der Waals surface area (Å²) in [7, 11) is 3.32. The van der Waals surface area contributed by atoms with Crippen LogP contribution in [0.15, 0.2) is 72.8 Å². The van der Waals surface area contributed by atoms with Crippen LogP contribution in [0.2, 0.25) is 0 Å². The van der Waals surface area contributed by atoms with E-state index in [4.69, 9.17) is 29.2 Å². The van der Waals surface area contributed by atoms with Crippen LogP contribution < -0.4 is 14.2 Å². The summed E-state index contributed by atoms with van der Waals surface area (Å²) in [4.78, 5) is 4.81. The lowest BCUT2D eigenvalue weighted by Crippen LogP contribution is -2.07. The standard InChI is InChI=1S/C28H26N2O4/c1-19-6-4-8-22(27(19)33-15-14-29)18-34-24-9-5-7-21(17-24)28(32-3)26-12-10-20-16-23(31-2)11-13-25(20)30-26/h4-13,16-17,28H,15,18H2,1-3H3. The number of nitrogens with zero attached hydrogens (tertiary/aromatic N) is 2. The lowest BCUT2D eigenvalue weighted by molar-refractivity contribution is 0.133. The van der Waals surface area contributed by atoms with Crippen molar-refractivity contribution in [1.29, 1.82) is 5.26 Å². The van der Waals surface area contributed by atoms with E-state index in [2.05, 4.69) is 0 Å². The molecule has 0 aliphatic carbocycles. The molecule has 0 aliphatic rings. The van der Waals surface area contributed by atoms with Gasteiger partial charge in [0.05, 0.1) is 18.3 Å². The Morgan fingerprint density at radius 3 is 2.56 bits per heavy atom. The molecule has 0 N–H and O–H groups in total. The highest BCUT2D eigenvalue weighted by Crippen LogP contribution is 2.30. The van der Waals surface area contributed by atoms with Gasteiger partial charge in [0.25, 0.3) is 0 Å². The average Bonchev–Trinajstić information content (AvgIpc) is 2.87. The number of benzene rings is 3. The van der Waals surface area contributed by atoms with Gasteiger partial charge in [0.15, 0.2) is 6.61 Å². The molecule has 6 heteroatoms. The molecule has 4 rings (SSSR count). The van der Waals surface area contributed by atoms with Crippen molar-refractivity contribution in [1.82, 2.24) is 4.98 Å². The van der Waals surface area contributed by atoms with Crippen LogP contribution >= 0.6 is 0 Å². The zero-order chi connectivity index (χ0) is 23.9. The molecule has 0 bridgehead atoms. The second kappa shape index (κ2) is 10.7. The van der Waals surface area contributed by atoms with Gasteiger partial charge in [-0.1, -0.05) is 36.4 Å². The van der Waals surface area contributed by atoms with Crippen LogP contribution in [0.3, 0.4) is 0 Å². The monoisotopic (exact) mass is 454 g/mol. The van der Waals surface area contributed by atoms with Crippen LogP contribution in [-0.2, 0) is 11.3 Å². The number of hydrogen-bond donors (Lipinski definition) is 0. The van der Waals surface area contributed by atoms with Crippen LogP contribution in [0.1, 0.15) is 28.5 Å². The SMILES string of the molecule is COc1ccc2nc(C(OC)c3cccc(OCc4cccc(C)c4OCC#N)c3)ccc2c1. The fourth-order valence-corrected chi connectivity index (χ4v) is 3.89. The molecule has 0 radical (unpaired) electrons. The van der Waals surface area contributed by atoms with Crippen molar-refractivity contribution < 1.29 is 18.9 Å². The fourth-order valence-electron chi connectivity index (χ4n) is 3.89. The predicted molar refractivity (Wildman–Crippen MR) is 130 cm³/mol. The van der Waals surface area contributed by atoms with Crippen LogP contribution in [-0.4, -0.2) is 25.8 Å². The third-order valence-electron chi connectivity index (χ3n) is 5.55. The zero-order valence-corrected chi connectivity index (χ0v) is 19.4. The molecule has 34 heavy (non-hydrogen) atoms. The molecule has 172 valence electrons. The third kappa shape index (κ3) is 5.11. The van der Waals surface area contributed by atoms with E-state index in [0.717, 1.165) is 39.0 Å². The molecule has 3 aromatic carbocycles. The highest BCUT2D eigenvalue weighted by atomic mass is 16.5. The number of para-hydroxylation sites is 1. The smallest absolute Gasteiger partial charge is 0.174 e. The number of nitriles is 1. The van der Waals surface area contributed by atoms with Crippen molar-refractivity contribution in [2.24, 2.45) is 0 Å². The number of rotatable bonds is 9. The first-order valence-electron chi connectivity index (χ1n) is 10.9. The van der Waals surface area contributed by atoms with Crippen molar-refractivity contribution in [2.75, 3.05) is 20.8 Å². The minimum atomic E-state index is -0.344. The summed E-state index contributed by atoms with van der Waals surface area (Å²) >= 11 is 0. The first-order chi connectivity index (χ1) is 16.6. The summed E-state index contributed by atoms with van der Waals surface area (Å²) < 4.78 is 22.8. The van der Waals surface area contributed by atoms with Gasteiger partial charge in [0.1, 0.15) is 36.0 Å². The van der Waals surface area contributed by atoms with Crippen molar-refractivity contribution in [3.63, 3.8) is 0 Å². The highest BCUT2D eigenvalue weighted by molar-refractivity contribution is 5.80. The summed E-state index contributed by atoms with van der Waals surface area (Å²) in [6.45, 7) is 2.26. The van der Waals surface area contributed by atoms with E-state index < -0.39 is 0 Å². The minimum Gasteiger partial charge on any atom is -0.497 e. The first-order valence-corrected chi connectivity index (χ1v) is 10.9.